The molecular weight excluding hydrogens is 166 g/mol. The Balaban J connectivity index is 2.36. The van der Waals surface area contributed by atoms with Crippen LogP contribution in [-0.2, 0) is 6.54 Å². The van der Waals surface area contributed by atoms with Crippen LogP contribution in [0.5, 0.6) is 0 Å². The van der Waals surface area contributed by atoms with Crippen molar-refractivity contribution in [1.82, 2.24) is 10.1 Å². The summed E-state index contributed by atoms with van der Waals surface area (Å²) in [6.07, 6.45) is 0. The van der Waals surface area contributed by atoms with E-state index in [1.54, 1.807) is 0 Å². The molecule has 3 N–H and O–H groups in total. The molecule has 0 bridgehead atoms. The molecule has 0 spiro atoms. The van der Waals surface area contributed by atoms with Crippen molar-refractivity contribution in [2.24, 2.45) is 0 Å². The lowest BCUT2D eigenvalue weighted by atomic mass is 10.2. The molecule has 0 atom stereocenters. The monoisotopic (exact) mass is 176 g/mol. The van der Waals surface area contributed by atoms with E-state index in [9.17, 15) is 0 Å². The van der Waals surface area contributed by atoms with Gasteiger partial charge in [-0.3, -0.25) is 0 Å². The predicted molar refractivity (Wildman–Crippen MR) is 46.3 cm³/mol. The fourth-order valence-electron chi connectivity index (χ4n) is 1.05. The van der Waals surface area contributed by atoms with E-state index in [2.05, 4.69) is 15.9 Å². The largest absolute Gasteiger partial charge is 0.351 e. The molecule has 4 heteroatoms. The van der Waals surface area contributed by atoms with Crippen LogP contribution < -0.4 is 5.73 Å². The first-order chi connectivity index (χ1) is 6.40. The van der Waals surface area contributed by atoms with Crippen molar-refractivity contribution in [1.29, 1.82) is 0 Å². The number of benzene rings is 1. The summed E-state index contributed by atoms with van der Waals surface area (Å²) in [6, 6.07) is 9.68. The predicted octanol–water partition coefficient (Wildman–Crippen LogP) is 0.478. The number of quaternary nitrogens is 1. The lowest BCUT2D eigenvalue weighted by Crippen LogP contribution is -2.47. The maximum Gasteiger partial charge on any atom is 0.258 e. The van der Waals surface area contributed by atoms with Crippen molar-refractivity contribution in [2.45, 2.75) is 6.54 Å². The normalized spacial score (nSPS) is 10.2. The van der Waals surface area contributed by atoms with E-state index in [1.165, 1.54) is 0 Å². The van der Waals surface area contributed by atoms with Gasteiger partial charge in [-0.05, 0) is 12.1 Å². The van der Waals surface area contributed by atoms with Crippen molar-refractivity contribution >= 4 is 0 Å². The number of hydrogen-bond donors (Lipinski definition) is 1. The van der Waals surface area contributed by atoms with Crippen LogP contribution >= 0.6 is 0 Å². The molecule has 4 nitrogen and oxygen atoms in total. The third kappa shape index (κ3) is 1.57. The SMILES string of the molecule is [NH3+]Cc1noc(-c2ccccc2)n1. The maximum absolute atomic E-state index is 5.04. The molecule has 0 aliphatic carbocycles. The van der Waals surface area contributed by atoms with Crippen molar-refractivity contribution in [3.8, 4) is 11.5 Å². The molecule has 0 aliphatic heterocycles. The highest BCUT2D eigenvalue weighted by molar-refractivity contribution is 5.51. The molecule has 2 aromatic rings. The second-order valence-corrected chi connectivity index (χ2v) is 2.63. The Kier molecular flexibility index (Phi) is 2.06. The zero-order valence-corrected chi connectivity index (χ0v) is 7.10. The number of aromatic nitrogens is 2. The van der Waals surface area contributed by atoms with Crippen LogP contribution in [0.3, 0.4) is 0 Å². The van der Waals surface area contributed by atoms with Crippen LogP contribution in [-0.4, -0.2) is 10.1 Å². The van der Waals surface area contributed by atoms with Gasteiger partial charge >= 0.3 is 0 Å². The van der Waals surface area contributed by atoms with Crippen molar-refractivity contribution in [2.75, 3.05) is 0 Å². The summed E-state index contributed by atoms with van der Waals surface area (Å²) in [4.78, 5) is 4.16. The van der Waals surface area contributed by atoms with Crippen LogP contribution in [0.1, 0.15) is 5.82 Å². The molecule has 0 fully saturated rings. The Morgan fingerprint density at radius 3 is 2.62 bits per heavy atom. The molecule has 0 aliphatic rings. The third-order valence-electron chi connectivity index (χ3n) is 1.71. The fraction of sp³-hybridized carbons (Fsp3) is 0.111. The molecule has 1 aromatic carbocycles. The van der Waals surface area contributed by atoms with E-state index >= 15 is 0 Å². The number of hydrogen-bond acceptors (Lipinski definition) is 3. The van der Waals surface area contributed by atoms with E-state index in [0.29, 0.717) is 18.3 Å². The van der Waals surface area contributed by atoms with Gasteiger partial charge in [0.05, 0.1) is 0 Å². The van der Waals surface area contributed by atoms with Gasteiger partial charge in [0, 0.05) is 5.56 Å². The molecule has 2 rings (SSSR count). The van der Waals surface area contributed by atoms with Gasteiger partial charge in [0.15, 0.2) is 0 Å². The first-order valence-electron chi connectivity index (χ1n) is 4.07. The Morgan fingerprint density at radius 1 is 1.23 bits per heavy atom. The molecule has 0 saturated heterocycles. The Bertz CT molecular complexity index is 383. The lowest BCUT2D eigenvalue weighted by Gasteiger charge is -1.89. The van der Waals surface area contributed by atoms with Crippen molar-refractivity contribution in [3.05, 3.63) is 36.2 Å². The first-order valence-corrected chi connectivity index (χ1v) is 4.07. The second kappa shape index (κ2) is 3.37. The van der Waals surface area contributed by atoms with Crippen LogP contribution in [0, 0.1) is 0 Å². The summed E-state index contributed by atoms with van der Waals surface area (Å²) in [5.74, 6) is 1.19. The third-order valence-corrected chi connectivity index (χ3v) is 1.71. The highest BCUT2D eigenvalue weighted by atomic mass is 16.5. The summed E-state index contributed by atoms with van der Waals surface area (Å²) in [7, 11) is 0. The second-order valence-electron chi connectivity index (χ2n) is 2.63. The quantitative estimate of drug-likeness (QED) is 0.723. The van der Waals surface area contributed by atoms with Gasteiger partial charge in [-0.2, -0.15) is 4.98 Å². The molecule has 1 aromatic heterocycles. The highest BCUT2D eigenvalue weighted by Gasteiger charge is 2.06. The Hall–Kier alpha value is -1.68. The minimum absolute atomic E-state index is 0.552. The molecule has 66 valence electrons. The van der Waals surface area contributed by atoms with E-state index < -0.39 is 0 Å². The Labute approximate surface area is 75.4 Å². The van der Waals surface area contributed by atoms with E-state index in [-0.39, 0.29) is 0 Å². The van der Waals surface area contributed by atoms with Gasteiger partial charge in [0.25, 0.3) is 5.89 Å². The standard InChI is InChI=1S/C9H9N3O/c10-6-8-11-9(13-12-8)7-4-2-1-3-5-7/h1-5H,6,10H2/p+1. The molecule has 1 heterocycles. The zero-order chi connectivity index (χ0) is 9.10. The lowest BCUT2D eigenvalue weighted by molar-refractivity contribution is -0.388. The van der Waals surface area contributed by atoms with Gasteiger partial charge in [0.1, 0.15) is 6.54 Å². The zero-order valence-electron chi connectivity index (χ0n) is 7.10. The average molecular weight is 176 g/mol. The average Bonchev–Trinajstić information content (AvgIpc) is 2.67. The van der Waals surface area contributed by atoms with Crippen LogP contribution in [0.25, 0.3) is 11.5 Å². The molecule has 0 unspecified atom stereocenters. The van der Waals surface area contributed by atoms with Gasteiger partial charge < -0.3 is 10.3 Å². The van der Waals surface area contributed by atoms with E-state index in [1.807, 2.05) is 30.3 Å². The van der Waals surface area contributed by atoms with Crippen LogP contribution in [0.15, 0.2) is 34.9 Å². The van der Waals surface area contributed by atoms with Gasteiger partial charge in [-0.15, -0.1) is 0 Å². The topological polar surface area (TPSA) is 66.6 Å². The van der Waals surface area contributed by atoms with Gasteiger partial charge in [-0.1, -0.05) is 23.4 Å². The minimum Gasteiger partial charge on any atom is -0.351 e. The van der Waals surface area contributed by atoms with Crippen molar-refractivity contribution < 1.29 is 10.3 Å². The summed E-state index contributed by atoms with van der Waals surface area (Å²) in [6.45, 7) is 0.552. The summed E-state index contributed by atoms with van der Waals surface area (Å²) in [5.41, 5.74) is 4.62. The fourth-order valence-corrected chi connectivity index (χ4v) is 1.05. The molecule has 0 radical (unpaired) electrons. The maximum atomic E-state index is 5.04. The first kappa shape index (κ1) is 7.94. The molecular formula is C9H10N3O+. The summed E-state index contributed by atoms with van der Waals surface area (Å²) >= 11 is 0. The molecule has 13 heavy (non-hydrogen) atoms. The van der Waals surface area contributed by atoms with Crippen LogP contribution in [0.4, 0.5) is 0 Å². The summed E-state index contributed by atoms with van der Waals surface area (Å²) in [5, 5.41) is 3.76. The number of nitrogens with zero attached hydrogens (tertiary/aromatic N) is 2. The Morgan fingerprint density at radius 2 is 2.00 bits per heavy atom. The smallest absolute Gasteiger partial charge is 0.258 e. The van der Waals surface area contributed by atoms with Crippen molar-refractivity contribution in [3.63, 3.8) is 0 Å². The summed E-state index contributed by atoms with van der Waals surface area (Å²) < 4.78 is 5.04. The number of rotatable bonds is 2. The molecule has 0 amide bonds. The van der Waals surface area contributed by atoms with E-state index in [4.69, 9.17) is 4.52 Å². The molecule has 0 saturated carbocycles. The van der Waals surface area contributed by atoms with Gasteiger partial charge in [0.2, 0.25) is 5.82 Å². The highest BCUT2D eigenvalue weighted by Crippen LogP contribution is 2.15. The van der Waals surface area contributed by atoms with Gasteiger partial charge in [-0.25, -0.2) is 0 Å². The van der Waals surface area contributed by atoms with E-state index in [0.717, 1.165) is 5.56 Å². The van der Waals surface area contributed by atoms with Crippen LogP contribution in [0.2, 0.25) is 0 Å². The minimum atomic E-state index is 0.552.